The zero-order valence-electron chi connectivity index (χ0n) is 9.72. The van der Waals surface area contributed by atoms with E-state index in [1.807, 2.05) is 0 Å². The number of H-pyrrole nitrogens is 1. The van der Waals surface area contributed by atoms with Crippen LogP contribution in [-0.4, -0.2) is 39.2 Å². The van der Waals surface area contributed by atoms with E-state index in [1.54, 1.807) is 0 Å². The highest BCUT2D eigenvalue weighted by Gasteiger charge is 2.21. The number of aromatic carboxylic acids is 1. The lowest BCUT2D eigenvalue weighted by Crippen LogP contribution is -2.15. The van der Waals surface area contributed by atoms with Crippen molar-refractivity contribution in [1.29, 1.82) is 0 Å². The predicted octanol–water partition coefficient (Wildman–Crippen LogP) is 1.55. The van der Waals surface area contributed by atoms with Gasteiger partial charge in [-0.3, -0.25) is 0 Å². The van der Waals surface area contributed by atoms with E-state index in [2.05, 4.69) is 15.0 Å². The third kappa shape index (κ3) is 1.84. The molecule has 0 bridgehead atoms. The van der Waals surface area contributed by atoms with E-state index in [1.165, 1.54) is 12.3 Å². The Morgan fingerprint density at radius 1 is 1.44 bits per heavy atom. The molecule has 0 amide bonds. The summed E-state index contributed by atoms with van der Waals surface area (Å²) in [5.74, 6) is 0.147. The first-order chi connectivity index (χ1) is 8.75. The number of nitrogens with zero attached hydrogens (tertiary/aromatic N) is 2. The van der Waals surface area contributed by atoms with E-state index in [9.17, 15) is 4.79 Å². The number of nitrogens with one attached hydrogen (secondary N) is 1. The molecule has 6 nitrogen and oxygen atoms in total. The molecule has 18 heavy (non-hydrogen) atoms. The second kappa shape index (κ2) is 4.38. The molecule has 0 saturated carbocycles. The van der Waals surface area contributed by atoms with Crippen molar-refractivity contribution in [2.75, 3.05) is 13.2 Å². The topological polar surface area (TPSA) is 88.1 Å². The number of ether oxygens (including phenoxy) is 1. The van der Waals surface area contributed by atoms with E-state index in [0.29, 0.717) is 17.1 Å². The molecule has 94 valence electrons. The first-order valence-electron chi connectivity index (χ1n) is 5.91. The Kier molecular flexibility index (Phi) is 2.71. The van der Waals surface area contributed by atoms with Gasteiger partial charge in [0.1, 0.15) is 5.82 Å². The van der Waals surface area contributed by atoms with Crippen molar-refractivity contribution >= 4 is 17.1 Å². The molecule has 2 aromatic rings. The third-order valence-corrected chi connectivity index (χ3v) is 3.25. The van der Waals surface area contributed by atoms with Crippen LogP contribution in [0, 0.1) is 0 Å². The van der Waals surface area contributed by atoms with E-state index in [4.69, 9.17) is 9.84 Å². The highest BCUT2D eigenvalue weighted by molar-refractivity contribution is 5.99. The molecule has 3 rings (SSSR count). The lowest BCUT2D eigenvalue weighted by atomic mass is 10.00. The molecule has 1 aliphatic heterocycles. The lowest BCUT2D eigenvalue weighted by molar-refractivity contribution is 0.0698. The van der Waals surface area contributed by atoms with E-state index < -0.39 is 5.97 Å². The molecule has 1 fully saturated rings. The molecule has 2 aromatic heterocycles. The number of hydrogen-bond donors (Lipinski definition) is 2. The summed E-state index contributed by atoms with van der Waals surface area (Å²) < 4.78 is 5.31. The number of pyridine rings is 1. The first kappa shape index (κ1) is 11.2. The molecule has 1 aliphatic rings. The normalized spacial score (nSPS) is 17.1. The maximum absolute atomic E-state index is 11.1. The van der Waals surface area contributed by atoms with E-state index >= 15 is 0 Å². The van der Waals surface area contributed by atoms with Crippen molar-refractivity contribution < 1.29 is 14.6 Å². The summed E-state index contributed by atoms with van der Waals surface area (Å²) in [6.45, 7) is 1.45. The monoisotopic (exact) mass is 247 g/mol. The smallest absolute Gasteiger partial charge is 0.338 e. The van der Waals surface area contributed by atoms with Gasteiger partial charge in [-0.1, -0.05) is 0 Å². The predicted molar refractivity (Wildman–Crippen MR) is 63.6 cm³/mol. The summed E-state index contributed by atoms with van der Waals surface area (Å²) in [5, 5.41) is 9.11. The van der Waals surface area contributed by atoms with Gasteiger partial charge in [-0.15, -0.1) is 0 Å². The minimum absolute atomic E-state index is 0.214. The van der Waals surface area contributed by atoms with Crippen LogP contribution in [0.1, 0.15) is 34.9 Å². The number of aromatic nitrogens is 3. The largest absolute Gasteiger partial charge is 0.478 e. The number of rotatable bonds is 2. The Labute approximate surface area is 103 Å². The van der Waals surface area contributed by atoms with Crippen LogP contribution < -0.4 is 0 Å². The molecular weight excluding hydrogens is 234 g/mol. The molecule has 2 N–H and O–H groups in total. The highest BCUT2D eigenvalue weighted by Crippen LogP contribution is 2.26. The molecule has 0 aromatic carbocycles. The maximum Gasteiger partial charge on any atom is 0.338 e. The Morgan fingerprint density at radius 2 is 2.22 bits per heavy atom. The molecule has 0 unspecified atom stereocenters. The van der Waals surface area contributed by atoms with Gasteiger partial charge < -0.3 is 14.8 Å². The van der Waals surface area contributed by atoms with Crippen LogP contribution in [0.4, 0.5) is 0 Å². The quantitative estimate of drug-likeness (QED) is 0.840. The van der Waals surface area contributed by atoms with Crippen LogP contribution in [0.5, 0.6) is 0 Å². The number of aromatic amines is 1. The van der Waals surface area contributed by atoms with Gasteiger partial charge in [-0.05, 0) is 18.9 Å². The number of hydrogen-bond acceptors (Lipinski definition) is 4. The Bertz CT molecular complexity index is 587. The van der Waals surface area contributed by atoms with Crippen molar-refractivity contribution in [3.63, 3.8) is 0 Å². The molecular formula is C12H13N3O3. The summed E-state index contributed by atoms with van der Waals surface area (Å²) >= 11 is 0. The van der Waals surface area contributed by atoms with Gasteiger partial charge in [0.15, 0.2) is 5.65 Å². The molecule has 6 heteroatoms. The van der Waals surface area contributed by atoms with Crippen molar-refractivity contribution in [1.82, 2.24) is 15.0 Å². The van der Waals surface area contributed by atoms with Crippen LogP contribution in [0.2, 0.25) is 0 Å². The van der Waals surface area contributed by atoms with Gasteiger partial charge in [0.05, 0.1) is 11.1 Å². The second-order valence-corrected chi connectivity index (χ2v) is 4.37. The van der Waals surface area contributed by atoms with Gasteiger partial charge in [-0.2, -0.15) is 0 Å². The van der Waals surface area contributed by atoms with Crippen molar-refractivity contribution in [2.45, 2.75) is 18.8 Å². The Balaban J connectivity index is 2.04. The fourth-order valence-electron chi connectivity index (χ4n) is 2.27. The standard InChI is InChI=1S/C12H13N3O3/c16-12(17)8-1-4-13-11-9(8)14-10(15-11)7-2-5-18-6-3-7/h1,4,7H,2-3,5-6H2,(H,16,17)(H,13,14,15). The minimum Gasteiger partial charge on any atom is -0.478 e. The Morgan fingerprint density at radius 3 is 2.94 bits per heavy atom. The molecule has 0 aliphatic carbocycles. The van der Waals surface area contributed by atoms with Crippen LogP contribution in [0.3, 0.4) is 0 Å². The fraction of sp³-hybridized carbons (Fsp3) is 0.417. The van der Waals surface area contributed by atoms with E-state index in [0.717, 1.165) is 31.9 Å². The van der Waals surface area contributed by atoms with Gasteiger partial charge in [0, 0.05) is 25.3 Å². The summed E-state index contributed by atoms with van der Waals surface area (Å²) in [7, 11) is 0. The lowest BCUT2D eigenvalue weighted by Gasteiger charge is -2.19. The summed E-state index contributed by atoms with van der Waals surface area (Å²) in [5.41, 5.74) is 1.19. The van der Waals surface area contributed by atoms with Gasteiger partial charge in [-0.25, -0.2) is 14.8 Å². The summed E-state index contributed by atoms with van der Waals surface area (Å²) in [6, 6.07) is 1.48. The van der Waals surface area contributed by atoms with Crippen molar-refractivity contribution in [3.8, 4) is 0 Å². The second-order valence-electron chi connectivity index (χ2n) is 4.37. The SMILES string of the molecule is O=C(O)c1ccnc2nc(C3CCOCC3)[nH]c12. The van der Waals surface area contributed by atoms with Crippen LogP contribution in [-0.2, 0) is 4.74 Å². The van der Waals surface area contributed by atoms with Crippen LogP contribution in [0.15, 0.2) is 12.3 Å². The number of carboxylic acids is 1. The van der Waals surface area contributed by atoms with E-state index in [-0.39, 0.29) is 5.56 Å². The summed E-state index contributed by atoms with van der Waals surface area (Å²) in [6.07, 6.45) is 3.28. The fourth-order valence-corrected chi connectivity index (χ4v) is 2.27. The zero-order chi connectivity index (χ0) is 12.5. The average Bonchev–Trinajstić information content (AvgIpc) is 2.83. The molecule has 3 heterocycles. The maximum atomic E-state index is 11.1. The third-order valence-electron chi connectivity index (χ3n) is 3.25. The number of fused-ring (bicyclic) bond motifs is 1. The van der Waals surface area contributed by atoms with Gasteiger partial charge in [0.2, 0.25) is 0 Å². The highest BCUT2D eigenvalue weighted by atomic mass is 16.5. The number of imidazole rings is 1. The minimum atomic E-state index is -0.968. The Hall–Kier alpha value is -1.95. The van der Waals surface area contributed by atoms with Crippen molar-refractivity contribution in [2.24, 2.45) is 0 Å². The molecule has 0 spiro atoms. The average molecular weight is 247 g/mol. The van der Waals surface area contributed by atoms with Crippen LogP contribution in [0.25, 0.3) is 11.2 Å². The van der Waals surface area contributed by atoms with Gasteiger partial charge in [0.25, 0.3) is 0 Å². The number of carbonyl (C=O) groups is 1. The van der Waals surface area contributed by atoms with Crippen molar-refractivity contribution in [3.05, 3.63) is 23.7 Å². The molecule has 1 saturated heterocycles. The number of carboxylic acid groups (broad SMARTS) is 1. The molecule has 0 atom stereocenters. The summed E-state index contributed by atoms with van der Waals surface area (Å²) in [4.78, 5) is 22.7. The van der Waals surface area contributed by atoms with Gasteiger partial charge >= 0.3 is 5.97 Å². The molecule has 0 radical (unpaired) electrons. The zero-order valence-corrected chi connectivity index (χ0v) is 9.72. The first-order valence-corrected chi connectivity index (χ1v) is 5.91. The van der Waals surface area contributed by atoms with Crippen LogP contribution >= 0.6 is 0 Å².